The Morgan fingerprint density at radius 1 is 1.06 bits per heavy atom. The summed E-state index contributed by atoms with van der Waals surface area (Å²) in [6.07, 6.45) is 9.38. The lowest BCUT2D eigenvalue weighted by molar-refractivity contribution is 0.430. The van der Waals surface area contributed by atoms with Gasteiger partial charge in [0.2, 0.25) is 0 Å². The molecule has 2 N–H and O–H groups in total. The molecule has 1 aliphatic heterocycles. The van der Waals surface area contributed by atoms with Gasteiger partial charge in [-0.1, -0.05) is 49.6 Å². The second-order valence-electron chi connectivity index (χ2n) is 9.42. The molecule has 1 aliphatic carbocycles. The molecule has 1 fully saturated rings. The van der Waals surface area contributed by atoms with Crippen molar-refractivity contribution >= 4 is 33.9 Å². The lowest BCUT2D eigenvalue weighted by atomic mass is 9.85. The molecule has 6 heteroatoms. The number of anilines is 1. The molecule has 2 heterocycles. The number of rotatable bonds is 5. The lowest BCUT2D eigenvalue weighted by Crippen LogP contribution is -2.34. The van der Waals surface area contributed by atoms with Crippen LogP contribution in [0.15, 0.2) is 53.3 Å². The number of hydrogen-bond donors (Lipinski definition) is 2. The summed E-state index contributed by atoms with van der Waals surface area (Å²) in [5, 5.41) is 7.99. The van der Waals surface area contributed by atoms with E-state index in [9.17, 15) is 4.79 Å². The maximum Gasteiger partial charge on any atom is 0.261 e. The second-order valence-corrected chi connectivity index (χ2v) is 9.83. The van der Waals surface area contributed by atoms with Gasteiger partial charge in [-0.2, -0.15) is 0 Å². The summed E-state index contributed by atoms with van der Waals surface area (Å²) in [4.78, 5) is 17.9. The van der Waals surface area contributed by atoms with Gasteiger partial charge in [0, 0.05) is 31.1 Å². The van der Waals surface area contributed by atoms with E-state index in [1.54, 1.807) is 0 Å². The summed E-state index contributed by atoms with van der Waals surface area (Å²) < 4.78 is 1.86. The zero-order chi connectivity index (χ0) is 22.6. The van der Waals surface area contributed by atoms with Crippen molar-refractivity contribution in [3.05, 3.63) is 70.3 Å². The van der Waals surface area contributed by atoms with Gasteiger partial charge < -0.3 is 10.6 Å². The molecular formula is C27H32N4OS. The van der Waals surface area contributed by atoms with Gasteiger partial charge in [0.15, 0.2) is 5.11 Å². The molecule has 0 unspecified atom stereocenters. The van der Waals surface area contributed by atoms with Crippen molar-refractivity contribution in [2.24, 2.45) is 5.92 Å². The van der Waals surface area contributed by atoms with E-state index in [0.29, 0.717) is 22.3 Å². The van der Waals surface area contributed by atoms with Crippen molar-refractivity contribution < 1.29 is 0 Å². The SMILES string of the molecule is O=c1c2cc(NC(=S)NC[C@@H](c3ccccc3)C3CCCC3)ccc2nc2n1CCCCC2. The predicted molar refractivity (Wildman–Crippen MR) is 139 cm³/mol. The normalized spacial score (nSPS) is 17.3. The highest BCUT2D eigenvalue weighted by molar-refractivity contribution is 7.80. The van der Waals surface area contributed by atoms with E-state index < -0.39 is 0 Å². The number of fused-ring (bicyclic) bond motifs is 2. The number of benzene rings is 2. The van der Waals surface area contributed by atoms with E-state index >= 15 is 0 Å². The average Bonchev–Trinajstić information content (AvgIpc) is 3.25. The van der Waals surface area contributed by atoms with Crippen LogP contribution >= 0.6 is 12.2 Å². The molecule has 3 aromatic rings. The molecule has 0 amide bonds. The quantitative estimate of drug-likeness (QED) is 0.501. The number of nitrogens with one attached hydrogen (secondary N) is 2. The van der Waals surface area contributed by atoms with Crippen LogP contribution in [0.25, 0.3) is 10.9 Å². The minimum Gasteiger partial charge on any atom is -0.362 e. The third-order valence-electron chi connectivity index (χ3n) is 7.25. The fraction of sp³-hybridized carbons (Fsp3) is 0.444. The fourth-order valence-electron chi connectivity index (χ4n) is 5.49. The Hall–Kier alpha value is -2.73. The van der Waals surface area contributed by atoms with Crippen molar-refractivity contribution in [1.29, 1.82) is 0 Å². The molecule has 1 aromatic heterocycles. The number of aromatic nitrogens is 2. The fourth-order valence-corrected chi connectivity index (χ4v) is 5.69. The van der Waals surface area contributed by atoms with Gasteiger partial charge >= 0.3 is 0 Å². The van der Waals surface area contributed by atoms with E-state index in [1.807, 2.05) is 22.8 Å². The van der Waals surface area contributed by atoms with Gasteiger partial charge in [-0.3, -0.25) is 9.36 Å². The molecule has 1 saturated carbocycles. The first kappa shape index (κ1) is 22.1. The molecule has 0 spiro atoms. The largest absolute Gasteiger partial charge is 0.362 e. The van der Waals surface area contributed by atoms with Gasteiger partial charge in [-0.15, -0.1) is 0 Å². The molecular weight excluding hydrogens is 428 g/mol. The third-order valence-corrected chi connectivity index (χ3v) is 7.50. The first-order chi connectivity index (χ1) is 16.2. The summed E-state index contributed by atoms with van der Waals surface area (Å²) in [5.74, 6) is 2.07. The minimum atomic E-state index is 0.0600. The Balaban J connectivity index is 1.30. The van der Waals surface area contributed by atoms with Gasteiger partial charge in [-0.05, 0) is 67.6 Å². The standard InChI is InChI=1S/C27H32N4OS/c32-26-22-17-21(14-15-24(22)30-25-13-5-2-8-16-31(25)26)29-27(33)28-18-23(20-11-6-7-12-20)19-9-3-1-4-10-19/h1,3-4,9-10,14-15,17,20,23H,2,5-8,11-13,16,18H2,(H2,28,29,33)/t23-/m0/s1. The summed E-state index contributed by atoms with van der Waals surface area (Å²) in [6.45, 7) is 1.57. The van der Waals surface area contributed by atoms with Crippen LogP contribution in [0.3, 0.4) is 0 Å². The molecule has 0 bridgehead atoms. The Labute approximate surface area is 200 Å². The number of aryl methyl sites for hydroxylation is 1. The van der Waals surface area contributed by atoms with Crippen LogP contribution in [0.1, 0.15) is 62.3 Å². The van der Waals surface area contributed by atoms with Gasteiger partial charge in [0.1, 0.15) is 5.82 Å². The maximum atomic E-state index is 13.1. The summed E-state index contributed by atoms with van der Waals surface area (Å²) >= 11 is 5.63. The topological polar surface area (TPSA) is 59.0 Å². The third kappa shape index (κ3) is 4.96. The van der Waals surface area contributed by atoms with E-state index in [4.69, 9.17) is 17.2 Å². The van der Waals surface area contributed by atoms with E-state index in [0.717, 1.165) is 55.8 Å². The summed E-state index contributed by atoms with van der Waals surface area (Å²) in [6, 6.07) is 16.6. The van der Waals surface area contributed by atoms with Crippen LogP contribution in [0.2, 0.25) is 0 Å². The minimum absolute atomic E-state index is 0.0600. The van der Waals surface area contributed by atoms with Crippen LogP contribution in [0, 0.1) is 5.92 Å². The van der Waals surface area contributed by atoms with E-state index in [-0.39, 0.29) is 5.56 Å². The highest BCUT2D eigenvalue weighted by Gasteiger charge is 2.26. The van der Waals surface area contributed by atoms with Crippen LogP contribution in [-0.2, 0) is 13.0 Å². The van der Waals surface area contributed by atoms with Crippen molar-refractivity contribution in [3.63, 3.8) is 0 Å². The molecule has 33 heavy (non-hydrogen) atoms. The lowest BCUT2D eigenvalue weighted by Gasteiger charge is -2.25. The van der Waals surface area contributed by atoms with Crippen LogP contribution in [0.4, 0.5) is 5.69 Å². The molecule has 5 rings (SSSR count). The monoisotopic (exact) mass is 460 g/mol. The molecule has 5 nitrogen and oxygen atoms in total. The molecule has 0 saturated heterocycles. The second kappa shape index (κ2) is 10.0. The Bertz CT molecular complexity index is 1180. The predicted octanol–water partition coefficient (Wildman–Crippen LogP) is 5.38. The van der Waals surface area contributed by atoms with E-state index in [1.165, 1.54) is 31.2 Å². The van der Waals surface area contributed by atoms with Crippen LogP contribution < -0.4 is 16.2 Å². The van der Waals surface area contributed by atoms with Gasteiger partial charge in [0.25, 0.3) is 5.56 Å². The van der Waals surface area contributed by atoms with Crippen molar-refractivity contribution in [2.45, 2.75) is 63.8 Å². The summed E-state index contributed by atoms with van der Waals surface area (Å²) in [7, 11) is 0. The first-order valence-electron chi connectivity index (χ1n) is 12.3. The Kier molecular flexibility index (Phi) is 6.72. The molecule has 2 aromatic carbocycles. The smallest absolute Gasteiger partial charge is 0.261 e. The molecule has 0 radical (unpaired) electrons. The maximum absolute atomic E-state index is 13.1. The van der Waals surface area contributed by atoms with Crippen molar-refractivity contribution in [2.75, 3.05) is 11.9 Å². The Morgan fingerprint density at radius 2 is 1.88 bits per heavy atom. The van der Waals surface area contributed by atoms with Gasteiger partial charge in [-0.25, -0.2) is 4.98 Å². The van der Waals surface area contributed by atoms with Crippen LogP contribution in [0.5, 0.6) is 0 Å². The average molecular weight is 461 g/mol. The first-order valence-corrected chi connectivity index (χ1v) is 12.7. The molecule has 2 aliphatic rings. The van der Waals surface area contributed by atoms with E-state index in [2.05, 4.69) is 41.0 Å². The van der Waals surface area contributed by atoms with Crippen molar-refractivity contribution in [3.8, 4) is 0 Å². The highest BCUT2D eigenvalue weighted by atomic mass is 32.1. The van der Waals surface area contributed by atoms with Gasteiger partial charge in [0.05, 0.1) is 10.9 Å². The molecule has 1 atom stereocenters. The van der Waals surface area contributed by atoms with Crippen molar-refractivity contribution in [1.82, 2.24) is 14.9 Å². The highest BCUT2D eigenvalue weighted by Crippen LogP contribution is 2.37. The number of thiocarbonyl (C=S) groups is 1. The summed E-state index contributed by atoms with van der Waals surface area (Å²) in [5.41, 5.74) is 3.03. The van der Waals surface area contributed by atoms with Crippen LogP contribution in [-0.4, -0.2) is 21.2 Å². The number of hydrogen-bond acceptors (Lipinski definition) is 3. The Morgan fingerprint density at radius 3 is 2.70 bits per heavy atom. The zero-order valence-corrected chi connectivity index (χ0v) is 19.9. The molecule has 172 valence electrons. The number of nitrogens with zero attached hydrogens (tertiary/aromatic N) is 2. The zero-order valence-electron chi connectivity index (χ0n) is 19.1.